The Morgan fingerprint density at radius 1 is 0.902 bits per heavy atom. The molecule has 2 aromatic carbocycles. The van der Waals surface area contributed by atoms with E-state index in [1.807, 2.05) is 42.5 Å². The fourth-order valence-corrected chi connectivity index (χ4v) is 5.73. The van der Waals surface area contributed by atoms with E-state index in [9.17, 15) is 9.59 Å². The third-order valence-corrected chi connectivity index (χ3v) is 8.45. The van der Waals surface area contributed by atoms with Crippen LogP contribution in [0.3, 0.4) is 0 Å². The summed E-state index contributed by atoms with van der Waals surface area (Å²) in [4.78, 5) is 38.1. The second-order valence-electron chi connectivity index (χ2n) is 12.7. The summed E-state index contributed by atoms with van der Waals surface area (Å²) in [6.07, 6.45) is 7.07. The summed E-state index contributed by atoms with van der Waals surface area (Å²) in [6, 6.07) is 16.1. The van der Waals surface area contributed by atoms with Crippen LogP contribution in [0.25, 0.3) is 21.9 Å². The number of aliphatic imine (C=N–C) groups is 1. The molecule has 0 aliphatic carbocycles. The first-order chi connectivity index (χ1) is 24.9. The van der Waals surface area contributed by atoms with E-state index < -0.39 is 0 Å². The van der Waals surface area contributed by atoms with E-state index in [1.165, 1.54) is 0 Å². The van der Waals surface area contributed by atoms with Gasteiger partial charge in [-0.1, -0.05) is 43.7 Å². The quantitative estimate of drug-likeness (QED) is 0.0437. The first-order valence-electron chi connectivity index (χ1n) is 18.2. The molecule has 0 spiro atoms. The summed E-state index contributed by atoms with van der Waals surface area (Å²) in [6.45, 7) is 7.99. The molecular formula is C39H55N7O5. The van der Waals surface area contributed by atoms with Crippen molar-refractivity contribution in [3.8, 4) is 0 Å². The van der Waals surface area contributed by atoms with Crippen molar-refractivity contribution in [2.45, 2.75) is 84.7 Å². The third kappa shape index (κ3) is 13.0. The molecule has 2 aromatic heterocycles. The summed E-state index contributed by atoms with van der Waals surface area (Å²) < 4.78 is 18.4. The van der Waals surface area contributed by atoms with E-state index in [4.69, 9.17) is 29.9 Å². The summed E-state index contributed by atoms with van der Waals surface area (Å²) >= 11 is 0. The number of Topliss-reactive ketones (excluding diaryl/α,β-unsaturated/α-hetero) is 1. The number of unbranched alkanes of at least 4 members (excludes halogenated alkanes) is 2. The number of pyridine rings is 1. The molecule has 4 N–H and O–H groups in total. The smallest absolute Gasteiger partial charge is 0.222 e. The summed E-state index contributed by atoms with van der Waals surface area (Å²) in [5, 5.41) is 7.55. The number of amides is 1. The Bertz CT molecular complexity index is 1720. The van der Waals surface area contributed by atoms with Crippen molar-refractivity contribution in [3.05, 3.63) is 59.9 Å². The molecule has 0 bridgehead atoms. The van der Waals surface area contributed by atoms with Crippen molar-refractivity contribution >= 4 is 51.0 Å². The number of ether oxygens (including phenoxy) is 3. The topological polar surface area (TPSA) is 155 Å². The second kappa shape index (κ2) is 21.7. The molecule has 0 aliphatic heterocycles. The van der Waals surface area contributed by atoms with Gasteiger partial charge in [-0.05, 0) is 56.4 Å². The van der Waals surface area contributed by atoms with E-state index >= 15 is 0 Å². The molecule has 0 aliphatic rings. The average molecular weight is 702 g/mol. The minimum absolute atomic E-state index is 0.0627. The number of aryl methyl sites for hydroxylation is 2. The maximum Gasteiger partial charge on any atom is 0.222 e. The fraction of sp³-hybridized carbons (Fsp3) is 0.513. The van der Waals surface area contributed by atoms with Gasteiger partial charge in [0.25, 0.3) is 0 Å². The Labute approximate surface area is 301 Å². The molecule has 0 fully saturated rings. The number of rotatable bonds is 24. The number of nitrogens with two attached hydrogens (primary N) is 1. The van der Waals surface area contributed by atoms with Gasteiger partial charge in [-0.15, -0.1) is 0 Å². The lowest BCUT2D eigenvalue weighted by Crippen LogP contribution is -2.24. The van der Waals surface area contributed by atoms with Crippen LogP contribution in [0.15, 0.2) is 53.5 Å². The summed E-state index contributed by atoms with van der Waals surface area (Å²) in [5.41, 5.74) is 11.0. The zero-order valence-corrected chi connectivity index (χ0v) is 30.5. The van der Waals surface area contributed by atoms with E-state index in [2.05, 4.69) is 33.2 Å². The van der Waals surface area contributed by atoms with Crippen LogP contribution in [-0.4, -0.2) is 78.8 Å². The zero-order chi connectivity index (χ0) is 36.3. The molecule has 4 rings (SSSR count). The molecule has 0 atom stereocenters. The number of aromatic nitrogens is 3. The minimum atomic E-state index is -0.0627. The van der Waals surface area contributed by atoms with Gasteiger partial charge in [0, 0.05) is 70.1 Å². The molecular weight excluding hydrogens is 646 g/mol. The largest absolute Gasteiger partial charge is 0.382 e. The normalized spacial score (nSPS) is 11.8. The van der Waals surface area contributed by atoms with Crippen LogP contribution in [0.5, 0.6) is 0 Å². The van der Waals surface area contributed by atoms with Gasteiger partial charge in [0.05, 0.1) is 37.5 Å². The Hall–Kier alpha value is -4.39. The zero-order valence-electron chi connectivity index (χ0n) is 30.5. The van der Waals surface area contributed by atoms with Crippen molar-refractivity contribution in [2.24, 2.45) is 4.99 Å². The number of imidazole rings is 1. The Morgan fingerprint density at radius 2 is 1.73 bits per heavy atom. The van der Waals surface area contributed by atoms with E-state index in [0.29, 0.717) is 71.2 Å². The highest BCUT2D eigenvalue weighted by Crippen LogP contribution is 2.29. The van der Waals surface area contributed by atoms with E-state index in [0.717, 1.165) is 89.9 Å². The number of para-hydroxylation sites is 1. The lowest BCUT2D eigenvalue weighted by Gasteiger charge is -2.13. The average Bonchev–Trinajstić information content (AvgIpc) is 3.50. The molecule has 0 radical (unpaired) electrons. The molecule has 12 heteroatoms. The highest BCUT2D eigenvalue weighted by molar-refractivity contribution is 6.06. The van der Waals surface area contributed by atoms with Gasteiger partial charge < -0.3 is 35.1 Å². The van der Waals surface area contributed by atoms with Crippen LogP contribution in [0.2, 0.25) is 0 Å². The minimum Gasteiger partial charge on any atom is -0.382 e. The lowest BCUT2D eigenvalue weighted by atomic mass is 10.1. The van der Waals surface area contributed by atoms with E-state index in [1.54, 1.807) is 14.0 Å². The second-order valence-corrected chi connectivity index (χ2v) is 12.7. The van der Waals surface area contributed by atoms with Gasteiger partial charge in [0.1, 0.15) is 23.0 Å². The number of ketones is 1. The van der Waals surface area contributed by atoms with Crippen molar-refractivity contribution in [1.29, 1.82) is 0 Å². The van der Waals surface area contributed by atoms with Crippen LogP contribution in [0, 0.1) is 0 Å². The number of carbonyl (C=O) groups is 2. The Morgan fingerprint density at radius 3 is 2.55 bits per heavy atom. The number of fused-ring (bicyclic) bond motifs is 3. The number of methoxy groups -OCH3 is 1. The number of carbonyl (C=O) groups excluding carboxylic acids is 2. The number of amidine groups is 1. The highest BCUT2D eigenvalue weighted by Gasteiger charge is 2.17. The number of anilines is 2. The molecule has 51 heavy (non-hydrogen) atoms. The lowest BCUT2D eigenvalue weighted by molar-refractivity contribution is -0.122. The number of hydrogen-bond donors (Lipinski definition) is 3. The summed E-state index contributed by atoms with van der Waals surface area (Å²) in [7, 11) is 1.62. The Kier molecular flexibility index (Phi) is 16.8. The van der Waals surface area contributed by atoms with E-state index in [-0.39, 0.29) is 11.7 Å². The predicted molar refractivity (Wildman–Crippen MR) is 204 cm³/mol. The molecule has 276 valence electrons. The van der Waals surface area contributed by atoms with Crippen molar-refractivity contribution in [3.63, 3.8) is 0 Å². The van der Waals surface area contributed by atoms with Crippen LogP contribution in [0.1, 0.15) is 76.6 Å². The number of hydrogen-bond acceptors (Lipinski definition) is 9. The van der Waals surface area contributed by atoms with Crippen molar-refractivity contribution in [2.75, 3.05) is 57.7 Å². The highest BCUT2D eigenvalue weighted by atomic mass is 16.5. The van der Waals surface area contributed by atoms with Gasteiger partial charge in [0.15, 0.2) is 5.82 Å². The molecule has 0 saturated carbocycles. The molecule has 4 aromatic rings. The first-order valence-corrected chi connectivity index (χ1v) is 18.2. The van der Waals surface area contributed by atoms with Gasteiger partial charge >= 0.3 is 0 Å². The standard InChI is InChI=1S/C39H55N7O5/c1-4-5-17-35-45-37-38(32-14-6-7-15-33(32)44-39(37)40)46(35)21-9-8-20-41-34(16-11-22-50-23-18-29(2)47)43-31-13-10-12-30(27-31)28-42-36(48)19-24-51-26-25-49-3/h6-7,10,12-15,27H,4-5,8-9,11,16-26,28H2,1-3H3,(H2,40,44)(H,41,43)(H,42,48). The number of nitrogens with one attached hydrogen (secondary N) is 2. The molecule has 1 amide bonds. The molecule has 0 unspecified atom stereocenters. The number of benzene rings is 2. The Balaban J connectivity index is 1.38. The summed E-state index contributed by atoms with van der Waals surface area (Å²) in [5.74, 6) is 2.47. The van der Waals surface area contributed by atoms with Crippen LogP contribution >= 0.6 is 0 Å². The number of nitrogen functional groups attached to an aromatic ring is 1. The fourth-order valence-electron chi connectivity index (χ4n) is 5.73. The monoisotopic (exact) mass is 701 g/mol. The number of nitrogens with zero attached hydrogens (tertiary/aromatic N) is 4. The molecule has 2 heterocycles. The molecule has 12 nitrogen and oxygen atoms in total. The van der Waals surface area contributed by atoms with Crippen molar-refractivity contribution in [1.82, 2.24) is 19.9 Å². The SMILES string of the molecule is CCCCc1nc2c(N)nc3ccccc3c2n1CCCCN=C(CCCOCCC(C)=O)Nc1cccc(CNC(=O)CCOCCOC)c1. The predicted octanol–water partition coefficient (Wildman–Crippen LogP) is 6.25. The maximum atomic E-state index is 12.3. The molecule has 0 saturated heterocycles. The van der Waals surface area contributed by atoms with Gasteiger partial charge in [0.2, 0.25) is 5.91 Å². The van der Waals surface area contributed by atoms with Gasteiger partial charge in [-0.3, -0.25) is 14.6 Å². The van der Waals surface area contributed by atoms with Gasteiger partial charge in [-0.2, -0.15) is 0 Å². The first kappa shape index (κ1) is 39.4. The maximum absolute atomic E-state index is 12.3. The van der Waals surface area contributed by atoms with Gasteiger partial charge in [-0.25, -0.2) is 9.97 Å². The third-order valence-electron chi connectivity index (χ3n) is 8.45. The van der Waals surface area contributed by atoms with Crippen LogP contribution < -0.4 is 16.4 Å². The van der Waals surface area contributed by atoms with Crippen LogP contribution in [-0.2, 0) is 43.3 Å². The van der Waals surface area contributed by atoms with Crippen LogP contribution in [0.4, 0.5) is 11.5 Å². The van der Waals surface area contributed by atoms with Crippen molar-refractivity contribution < 1.29 is 23.8 Å².